The van der Waals surface area contributed by atoms with Crippen LogP contribution in [0.5, 0.6) is 0 Å². The maximum absolute atomic E-state index is 11.3. The Morgan fingerprint density at radius 1 is 1.73 bits per heavy atom. The lowest BCUT2D eigenvalue weighted by atomic mass is 10.5. The molecule has 0 spiro atoms. The van der Waals surface area contributed by atoms with Gasteiger partial charge in [0.05, 0.1) is 0 Å². The lowest BCUT2D eigenvalue weighted by molar-refractivity contribution is 0.644. The Bertz CT molecular complexity index is 295. The first-order chi connectivity index (χ1) is 5.25. The van der Waals surface area contributed by atoms with Gasteiger partial charge in [0.1, 0.15) is 0 Å². The summed E-state index contributed by atoms with van der Waals surface area (Å²) in [6.07, 6.45) is 4.34. The Kier molecular flexibility index (Phi) is 3.04. The van der Waals surface area contributed by atoms with Crippen molar-refractivity contribution in [1.82, 2.24) is 9.55 Å². The van der Waals surface area contributed by atoms with E-state index >= 15 is 0 Å². The van der Waals surface area contributed by atoms with Crippen LogP contribution in [0.15, 0.2) is 17.2 Å². The molecule has 60 valence electrons. The lowest BCUT2D eigenvalue weighted by Gasteiger charge is -2.01. The van der Waals surface area contributed by atoms with Gasteiger partial charge in [-0.2, -0.15) is 0 Å². The third kappa shape index (κ3) is 2.02. The maximum atomic E-state index is 11.3. The van der Waals surface area contributed by atoms with Gasteiger partial charge in [-0.25, -0.2) is 4.98 Å². The van der Waals surface area contributed by atoms with Gasteiger partial charge in [-0.05, 0) is 29.0 Å². The van der Waals surface area contributed by atoms with E-state index in [1.165, 1.54) is 0 Å². The van der Waals surface area contributed by atoms with Gasteiger partial charge in [0.15, 0.2) is 3.70 Å². The first-order valence-corrected chi connectivity index (χ1v) is 4.54. The number of aryl methyl sites for hydroxylation is 1. The summed E-state index contributed by atoms with van der Waals surface area (Å²) >= 11 is 1.95. The summed E-state index contributed by atoms with van der Waals surface area (Å²) in [7, 11) is 0. The van der Waals surface area contributed by atoms with Gasteiger partial charge in [-0.3, -0.25) is 4.79 Å². The summed E-state index contributed by atoms with van der Waals surface area (Å²) in [6, 6.07) is 0. The molecule has 1 aromatic heterocycles. The highest BCUT2D eigenvalue weighted by Gasteiger charge is 1.98. The first kappa shape index (κ1) is 8.70. The molecule has 0 aliphatic heterocycles. The van der Waals surface area contributed by atoms with Crippen LogP contribution < -0.4 is 5.56 Å². The van der Waals surface area contributed by atoms with E-state index in [4.69, 9.17) is 0 Å². The smallest absolute Gasteiger partial charge is 0.282 e. The molecule has 0 saturated carbocycles. The van der Waals surface area contributed by atoms with E-state index in [0.717, 1.165) is 13.0 Å². The molecule has 1 rings (SSSR count). The summed E-state index contributed by atoms with van der Waals surface area (Å²) in [5.41, 5.74) is 0.00921. The molecular weight excluding hydrogens is 255 g/mol. The molecule has 0 amide bonds. The van der Waals surface area contributed by atoms with Crippen LogP contribution in [-0.2, 0) is 6.54 Å². The fourth-order valence-corrected chi connectivity index (χ4v) is 1.31. The quantitative estimate of drug-likeness (QED) is 0.754. The number of halogens is 1. The summed E-state index contributed by atoms with van der Waals surface area (Å²) in [5.74, 6) is 0. The average molecular weight is 264 g/mol. The number of hydrogen-bond donors (Lipinski definition) is 0. The number of hydrogen-bond acceptors (Lipinski definition) is 2. The second kappa shape index (κ2) is 3.85. The van der Waals surface area contributed by atoms with E-state index in [-0.39, 0.29) is 5.56 Å². The van der Waals surface area contributed by atoms with Crippen molar-refractivity contribution in [3.8, 4) is 0 Å². The van der Waals surface area contributed by atoms with Crippen LogP contribution in [0.2, 0.25) is 0 Å². The Morgan fingerprint density at radius 3 is 3.09 bits per heavy atom. The van der Waals surface area contributed by atoms with Gasteiger partial charge in [-0.1, -0.05) is 6.92 Å². The molecule has 0 aliphatic rings. The normalized spacial score (nSPS) is 10.0. The minimum absolute atomic E-state index is 0.00921. The van der Waals surface area contributed by atoms with Crippen LogP contribution in [0.4, 0.5) is 0 Å². The minimum Gasteiger partial charge on any atom is -0.312 e. The summed E-state index contributed by atoms with van der Waals surface area (Å²) < 4.78 is 2.22. The van der Waals surface area contributed by atoms with Crippen molar-refractivity contribution >= 4 is 22.6 Å². The number of aromatic nitrogens is 2. The highest BCUT2D eigenvalue weighted by Crippen LogP contribution is 1.91. The minimum atomic E-state index is 0.00921. The third-order valence-electron chi connectivity index (χ3n) is 1.34. The van der Waals surface area contributed by atoms with Crippen molar-refractivity contribution in [2.45, 2.75) is 19.9 Å². The number of nitrogens with zero attached hydrogens (tertiary/aromatic N) is 2. The third-order valence-corrected chi connectivity index (χ3v) is 2.08. The molecule has 0 atom stereocenters. The molecule has 1 aromatic rings. The number of rotatable bonds is 2. The van der Waals surface area contributed by atoms with E-state index in [1.807, 2.05) is 29.5 Å². The fraction of sp³-hybridized carbons (Fsp3) is 0.429. The molecule has 0 fully saturated rings. The highest BCUT2D eigenvalue weighted by molar-refractivity contribution is 14.1. The standard InChI is InChI=1S/C7H9IN2O/c1-2-4-10-5-3-9-6(8)7(10)11/h3,5H,2,4H2,1H3. The monoisotopic (exact) mass is 264 g/mol. The second-order valence-corrected chi connectivity index (χ2v) is 3.24. The molecule has 0 aliphatic carbocycles. The van der Waals surface area contributed by atoms with Crippen molar-refractivity contribution in [2.75, 3.05) is 0 Å². The van der Waals surface area contributed by atoms with E-state index in [1.54, 1.807) is 17.0 Å². The average Bonchev–Trinajstić information content (AvgIpc) is 1.99. The van der Waals surface area contributed by atoms with Crippen molar-refractivity contribution in [2.24, 2.45) is 0 Å². The molecule has 0 bridgehead atoms. The fourth-order valence-electron chi connectivity index (χ4n) is 0.838. The Hall–Kier alpha value is -0.390. The molecule has 0 unspecified atom stereocenters. The van der Waals surface area contributed by atoms with Crippen LogP contribution in [0, 0.1) is 3.70 Å². The zero-order valence-corrected chi connectivity index (χ0v) is 8.41. The van der Waals surface area contributed by atoms with E-state index in [2.05, 4.69) is 4.98 Å². The first-order valence-electron chi connectivity index (χ1n) is 3.46. The maximum Gasteiger partial charge on any atom is 0.282 e. The Labute approximate surface area is 78.6 Å². The zero-order valence-electron chi connectivity index (χ0n) is 6.25. The van der Waals surface area contributed by atoms with Crippen LogP contribution in [0.3, 0.4) is 0 Å². The molecule has 11 heavy (non-hydrogen) atoms. The molecule has 0 saturated heterocycles. The van der Waals surface area contributed by atoms with Crippen LogP contribution >= 0.6 is 22.6 Å². The zero-order chi connectivity index (χ0) is 8.27. The second-order valence-electron chi connectivity index (χ2n) is 2.22. The predicted octanol–water partition coefficient (Wildman–Crippen LogP) is 1.26. The Morgan fingerprint density at radius 2 is 2.45 bits per heavy atom. The Balaban J connectivity index is 3.07. The van der Waals surface area contributed by atoms with Crippen molar-refractivity contribution in [1.29, 1.82) is 0 Å². The summed E-state index contributed by atoms with van der Waals surface area (Å²) in [4.78, 5) is 15.1. The molecule has 0 radical (unpaired) electrons. The van der Waals surface area contributed by atoms with Gasteiger partial charge in [0.25, 0.3) is 5.56 Å². The van der Waals surface area contributed by atoms with Crippen molar-refractivity contribution in [3.63, 3.8) is 0 Å². The van der Waals surface area contributed by atoms with E-state index < -0.39 is 0 Å². The topological polar surface area (TPSA) is 34.9 Å². The molecular formula is C7H9IN2O. The molecule has 0 N–H and O–H groups in total. The molecule has 1 heterocycles. The van der Waals surface area contributed by atoms with Crippen LogP contribution in [0.1, 0.15) is 13.3 Å². The van der Waals surface area contributed by atoms with Crippen LogP contribution in [0.25, 0.3) is 0 Å². The van der Waals surface area contributed by atoms with Gasteiger partial charge >= 0.3 is 0 Å². The summed E-state index contributed by atoms with van der Waals surface area (Å²) in [5, 5.41) is 0. The van der Waals surface area contributed by atoms with Crippen molar-refractivity contribution < 1.29 is 0 Å². The van der Waals surface area contributed by atoms with E-state index in [9.17, 15) is 4.79 Å². The van der Waals surface area contributed by atoms with Crippen molar-refractivity contribution in [3.05, 3.63) is 26.4 Å². The van der Waals surface area contributed by atoms with E-state index in [0.29, 0.717) is 3.70 Å². The van der Waals surface area contributed by atoms with Crippen LogP contribution in [-0.4, -0.2) is 9.55 Å². The van der Waals surface area contributed by atoms with Gasteiger partial charge in [0.2, 0.25) is 0 Å². The lowest BCUT2D eigenvalue weighted by Crippen LogP contribution is -2.22. The molecule has 4 heteroatoms. The molecule has 0 aromatic carbocycles. The predicted molar refractivity (Wildman–Crippen MR) is 51.5 cm³/mol. The highest BCUT2D eigenvalue weighted by atomic mass is 127. The summed E-state index contributed by atoms with van der Waals surface area (Å²) in [6.45, 7) is 2.82. The van der Waals surface area contributed by atoms with Gasteiger partial charge in [-0.15, -0.1) is 0 Å². The molecule has 3 nitrogen and oxygen atoms in total. The largest absolute Gasteiger partial charge is 0.312 e. The van der Waals surface area contributed by atoms with Gasteiger partial charge in [0, 0.05) is 18.9 Å². The van der Waals surface area contributed by atoms with Gasteiger partial charge < -0.3 is 4.57 Å². The SMILES string of the molecule is CCCn1ccnc(I)c1=O.